The smallest absolute Gasteiger partial charge is 0.293 e. The van der Waals surface area contributed by atoms with Crippen LogP contribution in [-0.2, 0) is 0 Å². The second-order valence-electron chi connectivity index (χ2n) is 7.55. The van der Waals surface area contributed by atoms with Crippen molar-refractivity contribution >= 4 is 17.6 Å². The van der Waals surface area contributed by atoms with E-state index >= 15 is 0 Å². The quantitative estimate of drug-likeness (QED) is 0.399. The Morgan fingerprint density at radius 2 is 1.70 bits per heavy atom. The average molecular weight is 372 g/mol. The molecule has 1 heterocycles. The Kier molecular flexibility index (Phi) is 6.65. The minimum absolute atomic E-state index is 0.0949. The lowest BCUT2D eigenvalue weighted by Gasteiger charge is -2.28. The Balaban J connectivity index is 2.39. The Labute approximate surface area is 160 Å². The molecule has 2 aromatic rings. The van der Waals surface area contributed by atoms with Gasteiger partial charge in [0.25, 0.3) is 5.69 Å². The average Bonchev–Trinajstić information content (AvgIpc) is 2.89. The van der Waals surface area contributed by atoms with E-state index < -0.39 is 0 Å². The maximum Gasteiger partial charge on any atom is 0.293 e. The van der Waals surface area contributed by atoms with E-state index in [4.69, 9.17) is 0 Å². The highest BCUT2D eigenvalue weighted by Gasteiger charge is 2.21. The molecular weight excluding hydrogens is 344 g/mol. The van der Waals surface area contributed by atoms with Crippen LogP contribution >= 0.6 is 0 Å². The van der Waals surface area contributed by atoms with E-state index in [9.17, 15) is 10.1 Å². The van der Waals surface area contributed by atoms with E-state index in [1.54, 1.807) is 30.8 Å². The Morgan fingerprint density at radius 1 is 1.15 bits per heavy atom. The van der Waals surface area contributed by atoms with Gasteiger partial charge in [-0.3, -0.25) is 10.1 Å². The van der Waals surface area contributed by atoms with Crippen molar-refractivity contribution in [3.63, 3.8) is 0 Å². The second-order valence-corrected chi connectivity index (χ2v) is 7.55. The van der Waals surface area contributed by atoms with Crippen molar-refractivity contribution in [3.8, 4) is 0 Å². The molecule has 0 N–H and O–H groups in total. The molecule has 0 spiro atoms. The number of aromatic nitrogens is 3. The van der Waals surface area contributed by atoms with Crippen LogP contribution in [0.3, 0.4) is 0 Å². The van der Waals surface area contributed by atoms with Crippen LogP contribution in [0.4, 0.5) is 11.4 Å². The van der Waals surface area contributed by atoms with Crippen LogP contribution in [0.1, 0.15) is 44.9 Å². The summed E-state index contributed by atoms with van der Waals surface area (Å²) in [6.07, 6.45) is 1.59. The van der Waals surface area contributed by atoms with Crippen LogP contribution in [0.5, 0.6) is 0 Å². The summed E-state index contributed by atoms with van der Waals surface area (Å²) < 4.78 is 1.60. The molecule has 0 amide bonds. The van der Waals surface area contributed by atoms with Crippen molar-refractivity contribution < 1.29 is 4.92 Å². The van der Waals surface area contributed by atoms with Crippen molar-refractivity contribution in [1.82, 2.24) is 14.9 Å². The van der Waals surface area contributed by atoms with E-state index in [0.29, 0.717) is 34.7 Å². The van der Waals surface area contributed by atoms with E-state index in [2.05, 4.69) is 47.9 Å². The van der Waals surface area contributed by atoms with Crippen LogP contribution in [0, 0.1) is 35.8 Å². The fraction of sp³-hybridized carbons (Fsp3) is 0.526. The largest absolute Gasteiger partial charge is 0.365 e. The highest BCUT2D eigenvalue weighted by molar-refractivity contribution is 5.83. The van der Waals surface area contributed by atoms with Gasteiger partial charge in [-0.1, -0.05) is 33.8 Å². The molecule has 146 valence electrons. The fourth-order valence-electron chi connectivity index (χ4n) is 2.94. The van der Waals surface area contributed by atoms with Crippen LogP contribution < -0.4 is 4.90 Å². The topological polar surface area (TPSA) is 89.5 Å². The summed E-state index contributed by atoms with van der Waals surface area (Å²) >= 11 is 0. The molecule has 0 saturated heterocycles. The van der Waals surface area contributed by atoms with Gasteiger partial charge in [0.1, 0.15) is 5.69 Å². The van der Waals surface area contributed by atoms with E-state index in [-0.39, 0.29) is 10.6 Å². The number of hydrogen-bond donors (Lipinski definition) is 0. The minimum atomic E-state index is -0.324. The first-order valence-electron chi connectivity index (χ1n) is 9.15. The molecule has 0 unspecified atom stereocenters. The summed E-state index contributed by atoms with van der Waals surface area (Å²) in [6.45, 7) is 13.6. The highest BCUT2D eigenvalue weighted by Crippen LogP contribution is 2.30. The van der Waals surface area contributed by atoms with Gasteiger partial charge in [-0.05, 0) is 31.7 Å². The van der Waals surface area contributed by atoms with Crippen molar-refractivity contribution in [1.29, 1.82) is 0 Å². The molecule has 0 fully saturated rings. The molecule has 0 aliphatic carbocycles. The highest BCUT2D eigenvalue weighted by atomic mass is 16.6. The number of aryl methyl sites for hydroxylation is 2. The maximum atomic E-state index is 11.7. The molecule has 8 heteroatoms. The molecule has 1 aromatic carbocycles. The van der Waals surface area contributed by atoms with Gasteiger partial charge in [-0.25, -0.2) is 4.68 Å². The normalized spacial score (nSPS) is 11.7. The molecule has 0 saturated carbocycles. The number of benzene rings is 1. The van der Waals surface area contributed by atoms with E-state index in [1.165, 1.54) is 0 Å². The molecule has 0 aliphatic heterocycles. The van der Waals surface area contributed by atoms with Gasteiger partial charge in [0.15, 0.2) is 11.6 Å². The predicted octanol–water partition coefficient (Wildman–Crippen LogP) is 3.80. The van der Waals surface area contributed by atoms with Crippen LogP contribution in [0.25, 0.3) is 0 Å². The van der Waals surface area contributed by atoms with Gasteiger partial charge in [0, 0.05) is 24.7 Å². The number of hydrogen-bond acceptors (Lipinski definition) is 6. The second kappa shape index (κ2) is 8.75. The molecule has 0 radical (unpaired) electrons. The lowest BCUT2D eigenvalue weighted by molar-refractivity contribution is -0.384. The van der Waals surface area contributed by atoms with Crippen molar-refractivity contribution in [2.75, 3.05) is 18.0 Å². The van der Waals surface area contributed by atoms with Gasteiger partial charge in [0.2, 0.25) is 0 Å². The number of nitro benzene ring substituents is 1. The zero-order valence-electron chi connectivity index (χ0n) is 16.9. The molecule has 0 atom stereocenters. The van der Waals surface area contributed by atoms with Gasteiger partial charge in [-0.2, -0.15) is 5.10 Å². The van der Waals surface area contributed by atoms with Crippen LogP contribution in [0.15, 0.2) is 23.3 Å². The zero-order valence-corrected chi connectivity index (χ0v) is 16.9. The van der Waals surface area contributed by atoms with Gasteiger partial charge in [-0.15, -0.1) is 10.2 Å². The lowest BCUT2D eigenvalue weighted by Crippen LogP contribution is -2.31. The van der Waals surface area contributed by atoms with E-state index in [1.807, 2.05) is 12.1 Å². The van der Waals surface area contributed by atoms with Crippen LogP contribution in [-0.4, -0.2) is 39.1 Å². The summed E-state index contributed by atoms with van der Waals surface area (Å²) in [5.41, 5.74) is 1.40. The summed E-state index contributed by atoms with van der Waals surface area (Å²) in [7, 11) is 0. The summed E-state index contributed by atoms with van der Waals surface area (Å²) in [5.74, 6) is 2.14. The molecule has 8 nitrogen and oxygen atoms in total. The van der Waals surface area contributed by atoms with Crippen molar-refractivity contribution in [3.05, 3.63) is 45.5 Å². The first-order chi connectivity index (χ1) is 12.7. The predicted molar refractivity (Wildman–Crippen MR) is 107 cm³/mol. The summed E-state index contributed by atoms with van der Waals surface area (Å²) in [4.78, 5) is 13.5. The number of anilines is 1. The zero-order chi connectivity index (χ0) is 20.1. The lowest BCUT2D eigenvalue weighted by atomic mass is 10.1. The number of nitro groups is 1. The van der Waals surface area contributed by atoms with Crippen molar-refractivity contribution in [2.45, 2.75) is 41.5 Å². The number of nitrogens with zero attached hydrogens (tertiary/aromatic N) is 6. The number of rotatable bonds is 8. The summed E-state index contributed by atoms with van der Waals surface area (Å²) in [6, 6.07) is 5.24. The van der Waals surface area contributed by atoms with Gasteiger partial charge in [0.05, 0.1) is 11.1 Å². The Morgan fingerprint density at radius 3 is 2.19 bits per heavy atom. The Bertz CT molecular complexity index is 796. The molecule has 1 aromatic heterocycles. The van der Waals surface area contributed by atoms with Crippen LogP contribution in [0.2, 0.25) is 0 Å². The Hall–Kier alpha value is -2.77. The fourth-order valence-corrected chi connectivity index (χ4v) is 2.94. The standard InChI is InChI=1S/C19H28N6O2/c1-13(2)11-23(12-14(3)4)18-8-7-17(9-19(18)25(26)27)10-20-24-15(5)21-22-16(24)6/h7-10,13-14H,11-12H2,1-6H3. The van der Waals surface area contributed by atoms with Crippen molar-refractivity contribution in [2.24, 2.45) is 16.9 Å². The minimum Gasteiger partial charge on any atom is -0.365 e. The van der Waals surface area contributed by atoms with Gasteiger partial charge < -0.3 is 4.90 Å². The monoisotopic (exact) mass is 372 g/mol. The van der Waals surface area contributed by atoms with E-state index in [0.717, 1.165) is 13.1 Å². The summed E-state index contributed by atoms with van der Waals surface area (Å²) in [5, 5.41) is 23.9. The first kappa shape index (κ1) is 20.5. The third kappa shape index (κ3) is 5.35. The van der Waals surface area contributed by atoms with Gasteiger partial charge >= 0.3 is 0 Å². The SMILES string of the molecule is Cc1nnc(C)n1N=Cc1ccc(N(CC(C)C)CC(C)C)c([N+](=O)[O-])c1. The molecule has 0 bridgehead atoms. The molecule has 27 heavy (non-hydrogen) atoms. The first-order valence-corrected chi connectivity index (χ1v) is 9.15. The third-order valence-corrected chi connectivity index (χ3v) is 3.98. The third-order valence-electron chi connectivity index (χ3n) is 3.98. The maximum absolute atomic E-state index is 11.7. The molecular formula is C19H28N6O2. The molecule has 2 rings (SSSR count). The molecule has 0 aliphatic rings.